The van der Waals surface area contributed by atoms with E-state index < -0.39 is 0 Å². The van der Waals surface area contributed by atoms with E-state index in [2.05, 4.69) is 10.6 Å². The van der Waals surface area contributed by atoms with Crippen LogP contribution >= 0.6 is 34.5 Å². The first-order chi connectivity index (χ1) is 14.5. The third kappa shape index (κ3) is 4.33. The molecule has 4 nitrogen and oxygen atoms in total. The molecule has 2 N–H and O–H groups in total. The molecule has 0 atom stereocenters. The summed E-state index contributed by atoms with van der Waals surface area (Å²) >= 11 is 13.6. The van der Waals surface area contributed by atoms with Crippen LogP contribution in [0.2, 0.25) is 10.0 Å². The highest BCUT2D eigenvalue weighted by atomic mass is 35.5. The number of hydrogen-bond donors (Lipinski definition) is 2. The number of benzene rings is 3. The number of rotatable bonds is 6. The Balaban J connectivity index is 1.55. The van der Waals surface area contributed by atoms with Gasteiger partial charge in [-0.05, 0) is 42.0 Å². The van der Waals surface area contributed by atoms with Crippen LogP contribution in [-0.4, -0.2) is 12.2 Å². The van der Waals surface area contributed by atoms with Gasteiger partial charge < -0.3 is 10.6 Å². The lowest BCUT2D eigenvalue weighted by molar-refractivity contribution is 0.103. The van der Waals surface area contributed by atoms with E-state index in [1.807, 2.05) is 48.5 Å². The average molecular weight is 455 g/mol. The highest BCUT2D eigenvalue weighted by molar-refractivity contribution is 7.21. The molecule has 0 fully saturated rings. The van der Waals surface area contributed by atoms with Crippen molar-refractivity contribution >= 4 is 68.2 Å². The van der Waals surface area contributed by atoms with Gasteiger partial charge >= 0.3 is 0 Å². The van der Waals surface area contributed by atoms with Crippen LogP contribution in [0.25, 0.3) is 10.1 Å². The first-order valence-electron chi connectivity index (χ1n) is 9.11. The van der Waals surface area contributed by atoms with Crippen molar-refractivity contribution in [3.8, 4) is 0 Å². The van der Waals surface area contributed by atoms with Gasteiger partial charge in [-0.3, -0.25) is 9.59 Å². The van der Waals surface area contributed by atoms with E-state index in [1.54, 1.807) is 18.2 Å². The Labute approximate surface area is 187 Å². The van der Waals surface area contributed by atoms with Gasteiger partial charge in [-0.15, -0.1) is 11.3 Å². The lowest BCUT2D eigenvalue weighted by Crippen LogP contribution is -2.12. The van der Waals surface area contributed by atoms with E-state index in [0.29, 0.717) is 39.0 Å². The third-order valence-electron chi connectivity index (χ3n) is 4.58. The molecule has 0 aliphatic heterocycles. The first kappa shape index (κ1) is 20.4. The topological polar surface area (TPSA) is 58.2 Å². The number of fused-ring (bicyclic) bond motifs is 1. The van der Waals surface area contributed by atoms with Crippen molar-refractivity contribution in [1.82, 2.24) is 0 Å². The van der Waals surface area contributed by atoms with E-state index in [1.165, 1.54) is 11.3 Å². The van der Waals surface area contributed by atoms with Crippen molar-refractivity contribution < 1.29 is 9.59 Å². The van der Waals surface area contributed by atoms with Gasteiger partial charge in [0.05, 0.1) is 10.7 Å². The van der Waals surface area contributed by atoms with E-state index in [4.69, 9.17) is 23.2 Å². The van der Waals surface area contributed by atoms with E-state index in [9.17, 15) is 9.59 Å². The largest absolute Gasteiger partial charge is 0.381 e. The fraction of sp³-hybridized carbons (Fsp3) is 0.0435. The second kappa shape index (κ2) is 8.88. The Morgan fingerprint density at radius 2 is 1.77 bits per heavy atom. The highest BCUT2D eigenvalue weighted by Gasteiger charge is 2.18. The predicted octanol–water partition coefficient (Wildman–Crippen LogP) is 6.89. The predicted molar refractivity (Wildman–Crippen MR) is 125 cm³/mol. The van der Waals surface area contributed by atoms with Crippen LogP contribution in [0.1, 0.15) is 25.6 Å². The maximum atomic E-state index is 12.9. The van der Waals surface area contributed by atoms with Crippen LogP contribution in [0.5, 0.6) is 0 Å². The number of carbonyl (C=O) groups excluding carboxylic acids is 2. The number of nitrogens with one attached hydrogen (secondary N) is 2. The summed E-state index contributed by atoms with van der Waals surface area (Å²) < 4.78 is 0.932. The SMILES string of the molecule is O=Cc1ccc(NCc2ccc(Cl)cc2)cc1NC(=O)c1sc2ccccc2c1Cl. The van der Waals surface area contributed by atoms with Crippen molar-refractivity contribution in [1.29, 1.82) is 0 Å². The zero-order valence-corrected chi connectivity index (χ0v) is 17.9. The standard InChI is InChI=1S/C23H16Cl2N2O2S/c24-16-8-5-14(6-9-16)12-26-17-10-7-15(13-28)19(11-17)27-23(29)22-21(25)18-3-1-2-4-20(18)30-22/h1-11,13,26H,12H2,(H,27,29). The van der Waals surface area contributed by atoms with Gasteiger partial charge in [-0.2, -0.15) is 0 Å². The molecule has 0 unspecified atom stereocenters. The molecular formula is C23H16Cl2N2O2S. The molecule has 1 aromatic heterocycles. The molecular weight excluding hydrogens is 439 g/mol. The molecule has 1 amide bonds. The zero-order valence-electron chi connectivity index (χ0n) is 15.6. The minimum absolute atomic E-state index is 0.348. The van der Waals surface area contributed by atoms with Crippen molar-refractivity contribution in [2.45, 2.75) is 6.54 Å². The zero-order chi connectivity index (χ0) is 21.1. The third-order valence-corrected chi connectivity index (χ3v) is 6.51. The number of thiophene rings is 1. The van der Waals surface area contributed by atoms with Gasteiger partial charge in [0.2, 0.25) is 0 Å². The quantitative estimate of drug-likeness (QED) is 0.312. The van der Waals surface area contributed by atoms with Gasteiger partial charge in [0.15, 0.2) is 6.29 Å². The summed E-state index contributed by atoms with van der Waals surface area (Å²) in [7, 11) is 0. The summed E-state index contributed by atoms with van der Waals surface area (Å²) in [5.74, 6) is -0.348. The molecule has 7 heteroatoms. The Morgan fingerprint density at radius 3 is 2.50 bits per heavy atom. The van der Waals surface area contributed by atoms with Gasteiger partial charge in [0, 0.05) is 32.9 Å². The summed E-state index contributed by atoms with van der Waals surface area (Å²) in [5.41, 5.74) is 2.64. The average Bonchev–Trinajstić information content (AvgIpc) is 3.10. The Hall–Kier alpha value is -2.86. The minimum Gasteiger partial charge on any atom is -0.381 e. The van der Waals surface area contributed by atoms with Gasteiger partial charge in [0.1, 0.15) is 4.88 Å². The molecule has 0 aliphatic rings. The van der Waals surface area contributed by atoms with E-state index in [0.717, 1.165) is 21.3 Å². The Morgan fingerprint density at radius 1 is 1.00 bits per heavy atom. The molecule has 0 radical (unpaired) electrons. The van der Waals surface area contributed by atoms with Crippen molar-refractivity contribution in [3.63, 3.8) is 0 Å². The number of anilines is 2. The van der Waals surface area contributed by atoms with Crippen LogP contribution in [-0.2, 0) is 6.54 Å². The normalized spacial score (nSPS) is 10.7. The molecule has 0 spiro atoms. The fourth-order valence-electron chi connectivity index (χ4n) is 3.02. The maximum Gasteiger partial charge on any atom is 0.267 e. The lowest BCUT2D eigenvalue weighted by atomic mass is 10.1. The number of hydrogen-bond acceptors (Lipinski definition) is 4. The van der Waals surface area contributed by atoms with E-state index >= 15 is 0 Å². The Bertz CT molecular complexity index is 1240. The van der Waals surface area contributed by atoms with Gasteiger partial charge in [-0.25, -0.2) is 0 Å². The van der Waals surface area contributed by atoms with Crippen LogP contribution < -0.4 is 10.6 Å². The summed E-state index contributed by atoms with van der Waals surface area (Å²) in [6, 6.07) is 20.3. The second-order valence-corrected chi connectivity index (χ2v) is 8.46. The molecule has 150 valence electrons. The smallest absolute Gasteiger partial charge is 0.267 e. The molecule has 30 heavy (non-hydrogen) atoms. The van der Waals surface area contributed by atoms with Crippen LogP contribution in [0.15, 0.2) is 66.7 Å². The monoisotopic (exact) mass is 454 g/mol. The lowest BCUT2D eigenvalue weighted by Gasteiger charge is -2.12. The molecule has 1 heterocycles. The summed E-state index contributed by atoms with van der Waals surface area (Å²) in [4.78, 5) is 24.7. The molecule has 3 aromatic carbocycles. The van der Waals surface area contributed by atoms with E-state index in [-0.39, 0.29) is 5.91 Å². The fourth-order valence-corrected chi connectivity index (χ4v) is 4.56. The number of halogens is 2. The Kier molecular flexibility index (Phi) is 6.04. The molecule has 0 saturated heterocycles. The second-order valence-electron chi connectivity index (χ2n) is 6.60. The highest BCUT2D eigenvalue weighted by Crippen LogP contribution is 2.35. The molecule has 0 aliphatic carbocycles. The van der Waals surface area contributed by atoms with Crippen LogP contribution in [0, 0.1) is 0 Å². The summed E-state index contributed by atoms with van der Waals surface area (Å²) in [6.07, 6.45) is 0.713. The number of amides is 1. The van der Waals surface area contributed by atoms with Gasteiger partial charge in [-0.1, -0.05) is 53.5 Å². The van der Waals surface area contributed by atoms with Crippen LogP contribution in [0.3, 0.4) is 0 Å². The van der Waals surface area contributed by atoms with Gasteiger partial charge in [0.25, 0.3) is 5.91 Å². The number of carbonyl (C=O) groups is 2. The summed E-state index contributed by atoms with van der Waals surface area (Å²) in [5, 5.41) is 8.04. The van der Waals surface area contributed by atoms with Crippen molar-refractivity contribution in [2.75, 3.05) is 10.6 Å². The van der Waals surface area contributed by atoms with Crippen molar-refractivity contribution in [2.24, 2.45) is 0 Å². The van der Waals surface area contributed by atoms with Crippen molar-refractivity contribution in [3.05, 3.63) is 92.8 Å². The molecule has 4 aromatic rings. The minimum atomic E-state index is -0.348. The first-order valence-corrected chi connectivity index (χ1v) is 10.7. The molecule has 0 saturated carbocycles. The number of aldehydes is 1. The molecule has 4 rings (SSSR count). The maximum absolute atomic E-state index is 12.9. The molecule has 0 bridgehead atoms. The summed E-state index contributed by atoms with van der Waals surface area (Å²) in [6.45, 7) is 0.577. The van der Waals surface area contributed by atoms with Crippen LogP contribution in [0.4, 0.5) is 11.4 Å².